The Labute approximate surface area is 116 Å². The van der Waals surface area contributed by atoms with Crippen molar-refractivity contribution in [2.24, 2.45) is 5.84 Å². The average molecular weight is 303 g/mol. The highest BCUT2D eigenvalue weighted by molar-refractivity contribution is 5.34. The molecule has 1 aromatic carbocycles. The summed E-state index contributed by atoms with van der Waals surface area (Å²) < 4.78 is 67.0. The first-order valence-corrected chi connectivity index (χ1v) is 5.78. The Hall–Kier alpha value is -2.06. The van der Waals surface area contributed by atoms with Crippen LogP contribution in [0.4, 0.5) is 22.0 Å². The number of nitrogens with two attached hydrogens (primary N) is 1. The van der Waals surface area contributed by atoms with Crippen LogP contribution in [0.15, 0.2) is 18.3 Å². The third-order valence-corrected chi connectivity index (χ3v) is 2.97. The van der Waals surface area contributed by atoms with E-state index in [0.717, 1.165) is 0 Å². The van der Waals surface area contributed by atoms with Gasteiger partial charge in [-0.25, -0.2) is 27.4 Å². The van der Waals surface area contributed by atoms with Crippen LogP contribution in [0.25, 0.3) is 0 Å². The van der Waals surface area contributed by atoms with Gasteiger partial charge in [-0.05, 0) is 18.6 Å². The van der Waals surface area contributed by atoms with Gasteiger partial charge in [0.15, 0.2) is 23.3 Å². The average Bonchev–Trinajstić information content (AvgIpc) is 2.49. The van der Waals surface area contributed by atoms with Gasteiger partial charge in [-0.1, -0.05) is 6.07 Å². The number of hydrogen-bond acceptors (Lipinski definition) is 3. The first kappa shape index (κ1) is 15.3. The molecule has 2 rings (SSSR count). The lowest BCUT2D eigenvalue weighted by Gasteiger charge is -2.19. The van der Waals surface area contributed by atoms with Gasteiger partial charge in [0.2, 0.25) is 5.82 Å². The van der Waals surface area contributed by atoms with E-state index in [1.807, 2.05) is 5.43 Å². The zero-order chi connectivity index (χ0) is 15.7. The number of nitrogens with zero attached hydrogens (tertiary/aromatic N) is 1. The second-order valence-electron chi connectivity index (χ2n) is 4.32. The molecule has 0 aliphatic rings. The molecule has 8 heteroatoms. The molecule has 21 heavy (non-hydrogen) atoms. The fourth-order valence-electron chi connectivity index (χ4n) is 1.87. The number of rotatable bonds is 3. The first-order valence-electron chi connectivity index (χ1n) is 5.78. The van der Waals surface area contributed by atoms with Gasteiger partial charge in [-0.15, -0.1) is 0 Å². The van der Waals surface area contributed by atoms with Gasteiger partial charge in [0.25, 0.3) is 0 Å². The maximum absolute atomic E-state index is 13.8. The molecule has 0 fully saturated rings. The van der Waals surface area contributed by atoms with E-state index in [9.17, 15) is 22.0 Å². The van der Waals surface area contributed by atoms with E-state index >= 15 is 0 Å². The zero-order valence-corrected chi connectivity index (χ0v) is 10.7. The van der Waals surface area contributed by atoms with E-state index in [1.165, 1.54) is 18.3 Å². The Bertz CT molecular complexity index is 643. The molecule has 0 amide bonds. The van der Waals surface area contributed by atoms with Crippen LogP contribution in [-0.4, -0.2) is 4.98 Å². The number of hydrogen-bond donors (Lipinski definition) is 2. The van der Waals surface area contributed by atoms with Gasteiger partial charge < -0.3 is 0 Å². The van der Waals surface area contributed by atoms with Crippen molar-refractivity contribution in [1.82, 2.24) is 10.4 Å². The Morgan fingerprint density at radius 2 is 1.48 bits per heavy atom. The first-order chi connectivity index (χ1) is 9.88. The lowest BCUT2D eigenvalue weighted by Crippen LogP contribution is -2.31. The Kier molecular flexibility index (Phi) is 4.19. The number of pyridine rings is 1. The van der Waals surface area contributed by atoms with Crippen LogP contribution in [0.1, 0.15) is 22.9 Å². The van der Waals surface area contributed by atoms with Gasteiger partial charge in [0.05, 0.1) is 11.6 Å². The lowest BCUT2D eigenvalue weighted by molar-refractivity contribution is 0.362. The molecule has 112 valence electrons. The molecular weight excluding hydrogens is 293 g/mol. The molecule has 3 nitrogen and oxygen atoms in total. The van der Waals surface area contributed by atoms with Crippen molar-refractivity contribution in [3.05, 3.63) is 64.2 Å². The van der Waals surface area contributed by atoms with Crippen LogP contribution in [0.3, 0.4) is 0 Å². The van der Waals surface area contributed by atoms with Crippen LogP contribution < -0.4 is 11.3 Å². The topological polar surface area (TPSA) is 50.9 Å². The van der Waals surface area contributed by atoms with E-state index in [0.29, 0.717) is 5.69 Å². The van der Waals surface area contributed by atoms with Crippen molar-refractivity contribution >= 4 is 0 Å². The summed E-state index contributed by atoms with van der Waals surface area (Å²) in [5.41, 5.74) is 1.75. The van der Waals surface area contributed by atoms with Crippen molar-refractivity contribution in [2.45, 2.75) is 13.0 Å². The summed E-state index contributed by atoms with van der Waals surface area (Å²) in [6, 6.07) is 1.51. The van der Waals surface area contributed by atoms with E-state index in [1.54, 1.807) is 6.92 Å². The maximum Gasteiger partial charge on any atom is 0.200 e. The number of hydrazine groups is 1. The zero-order valence-electron chi connectivity index (χ0n) is 10.7. The third kappa shape index (κ3) is 2.59. The molecule has 3 N–H and O–H groups in total. The summed E-state index contributed by atoms with van der Waals surface area (Å²) in [4.78, 5) is 3.89. The summed E-state index contributed by atoms with van der Waals surface area (Å²) in [7, 11) is 0. The summed E-state index contributed by atoms with van der Waals surface area (Å²) >= 11 is 0. The van der Waals surface area contributed by atoms with Gasteiger partial charge in [0.1, 0.15) is 0 Å². The summed E-state index contributed by atoms with van der Waals surface area (Å²) in [5, 5.41) is 0. The second kappa shape index (κ2) is 5.74. The molecule has 0 saturated carbocycles. The van der Waals surface area contributed by atoms with Crippen LogP contribution in [0.2, 0.25) is 0 Å². The smallest absolute Gasteiger partial charge is 0.200 e. The van der Waals surface area contributed by atoms with E-state index in [2.05, 4.69) is 4.98 Å². The quantitative estimate of drug-likeness (QED) is 0.301. The molecule has 1 unspecified atom stereocenters. The fourth-order valence-corrected chi connectivity index (χ4v) is 1.87. The minimum atomic E-state index is -2.22. The Morgan fingerprint density at radius 1 is 0.952 bits per heavy atom. The number of halogens is 5. The van der Waals surface area contributed by atoms with Crippen molar-refractivity contribution in [3.8, 4) is 0 Å². The van der Waals surface area contributed by atoms with Gasteiger partial charge in [0, 0.05) is 11.9 Å². The van der Waals surface area contributed by atoms with Crippen molar-refractivity contribution in [3.63, 3.8) is 0 Å². The SMILES string of the molecule is Cc1ccc(C(NN)c2c(F)c(F)c(F)c(F)c2F)cn1. The largest absolute Gasteiger partial charge is 0.271 e. The van der Waals surface area contributed by atoms with Crippen molar-refractivity contribution < 1.29 is 22.0 Å². The molecule has 0 aliphatic carbocycles. The predicted octanol–water partition coefficient (Wildman–Crippen LogP) is 2.64. The molecule has 0 aliphatic heterocycles. The second-order valence-corrected chi connectivity index (χ2v) is 4.32. The van der Waals surface area contributed by atoms with Crippen LogP contribution in [-0.2, 0) is 0 Å². The molecule has 0 bridgehead atoms. The highest BCUT2D eigenvalue weighted by Gasteiger charge is 2.30. The van der Waals surface area contributed by atoms with Crippen molar-refractivity contribution in [2.75, 3.05) is 0 Å². The lowest BCUT2D eigenvalue weighted by atomic mass is 9.98. The predicted molar refractivity (Wildman–Crippen MR) is 64.4 cm³/mol. The molecule has 1 atom stereocenters. The maximum atomic E-state index is 13.8. The minimum Gasteiger partial charge on any atom is -0.271 e. The number of aryl methyl sites for hydroxylation is 1. The number of benzene rings is 1. The third-order valence-electron chi connectivity index (χ3n) is 2.97. The van der Waals surface area contributed by atoms with Gasteiger partial charge in [-0.2, -0.15) is 0 Å². The molecule has 0 radical (unpaired) electrons. The van der Waals surface area contributed by atoms with Crippen LogP contribution in [0, 0.1) is 36.0 Å². The molecule has 0 saturated heterocycles. The fraction of sp³-hybridized carbons (Fsp3) is 0.154. The van der Waals surface area contributed by atoms with Gasteiger partial charge >= 0.3 is 0 Å². The summed E-state index contributed by atoms with van der Waals surface area (Å²) in [6.07, 6.45) is 1.23. The molecular formula is C13H10F5N3. The summed E-state index contributed by atoms with van der Waals surface area (Å²) in [6.45, 7) is 1.67. The Balaban J connectivity index is 2.65. The minimum absolute atomic E-state index is 0.159. The standard InChI is InChI=1S/C13H10F5N3/c1-5-2-3-6(4-20-5)13(21-19)7-8(14)10(16)12(18)11(17)9(7)15/h2-4,13,21H,19H2,1H3. The number of aromatic nitrogens is 1. The van der Waals surface area contributed by atoms with Crippen LogP contribution >= 0.6 is 0 Å². The van der Waals surface area contributed by atoms with Gasteiger partial charge in [-0.3, -0.25) is 10.8 Å². The Morgan fingerprint density at radius 3 is 1.90 bits per heavy atom. The van der Waals surface area contributed by atoms with E-state index in [-0.39, 0.29) is 5.56 Å². The van der Waals surface area contributed by atoms with E-state index < -0.39 is 40.7 Å². The highest BCUT2D eigenvalue weighted by atomic mass is 19.2. The molecule has 0 spiro atoms. The molecule has 1 heterocycles. The van der Waals surface area contributed by atoms with E-state index in [4.69, 9.17) is 5.84 Å². The normalized spacial score (nSPS) is 12.5. The molecule has 2 aromatic rings. The van der Waals surface area contributed by atoms with Crippen LogP contribution in [0.5, 0.6) is 0 Å². The monoisotopic (exact) mass is 303 g/mol. The highest BCUT2D eigenvalue weighted by Crippen LogP contribution is 2.30. The number of nitrogens with one attached hydrogen (secondary N) is 1. The molecule has 1 aromatic heterocycles. The van der Waals surface area contributed by atoms with Crippen molar-refractivity contribution in [1.29, 1.82) is 0 Å². The summed E-state index contributed by atoms with van der Waals surface area (Å²) in [5.74, 6) is -4.93.